The van der Waals surface area contributed by atoms with Crippen molar-refractivity contribution in [1.29, 1.82) is 0 Å². The molecule has 0 saturated heterocycles. The van der Waals surface area contributed by atoms with Gasteiger partial charge in [-0.05, 0) is 43.3 Å². The first kappa shape index (κ1) is 22.1. The maximum Gasteiger partial charge on any atom is 0.339 e. The number of methoxy groups -OCH3 is 1. The van der Waals surface area contributed by atoms with Crippen molar-refractivity contribution in [2.75, 3.05) is 24.6 Å². The second-order valence-electron chi connectivity index (χ2n) is 5.51. The van der Waals surface area contributed by atoms with E-state index in [4.69, 9.17) is 32.7 Å². The minimum absolute atomic E-state index is 0.0128. The van der Waals surface area contributed by atoms with Gasteiger partial charge in [0.1, 0.15) is 5.75 Å². The molecule has 6 nitrogen and oxygen atoms in total. The van der Waals surface area contributed by atoms with E-state index in [-0.39, 0.29) is 39.3 Å². The second-order valence-corrected chi connectivity index (χ2v) is 8.18. The number of carbonyl (C=O) groups excluding carboxylic acids is 1. The summed E-state index contributed by atoms with van der Waals surface area (Å²) in [6.07, 6.45) is 1.44. The zero-order chi connectivity index (χ0) is 20.9. The molecule has 150 valence electrons. The Kier molecular flexibility index (Phi) is 7.35. The molecule has 0 bridgehead atoms. The third-order valence-electron chi connectivity index (χ3n) is 3.74. The van der Waals surface area contributed by atoms with Gasteiger partial charge in [0, 0.05) is 0 Å². The molecule has 0 aliphatic carbocycles. The highest BCUT2D eigenvalue weighted by molar-refractivity contribution is 7.92. The fraction of sp³-hybridized carbons (Fsp3) is 0.211. The van der Waals surface area contributed by atoms with E-state index in [1.807, 2.05) is 0 Å². The van der Waals surface area contributed by atoms with Crippen LogP contribution in [0.5, 0.6) is 5.75 Å². The fourth-order valence-electron chi connectivity index (χ4n) is 2.43. The molecule has 0 unspecified atom stereocenters. The number of anilines is 1. The van der Waals surface area contributed by atoms with Gasteiger partial charge in [-0.1, -0.05) is 29.3 Å². The number of benzene rings is 2. The minimum Gasteiger partial charge on any atom is -0.495 e. The minimum atomic E-state index is -3.98. The van der Waals surface area contributed by atoms with Crippen LogP contribution in [0.4, 0.5) is 5.69 Å². The number of hydrogen-bond acceptors (Lipinski definition) is 5. The predicted molar refractivity (Wildman–Crippen MR) is 110 cm³/mol. The van der Waals surface area contributed by atoms with Crippen molar-refractivity contribution in [3.63, 3.8) is 0 Å². The molecular formula is C19H19Cl2NO5S. The van der Waals surface area contributed by atoms with Gasteiger partial charge < -0.3 is 9.47 Å². The van der Waals surface area contributed by atoms with Gasteiger partial charge in [0.25, 0.3) is 10.0 Å². The number of halogens is 2. The molecular weight excluding hydrogens is 425 g/mol. The normalized spacial score (nSPS) is 11.0. The van der Waals surface area contributed by atoms with Crippen molar-refractivity contribution in [3.8, 4) is 5.75 Å². The smallest absolute Gasteiger partial charge is 0.339 e. The van der Waals surface area contributed by atoms with Crippen LogP contribution in [0.1, 0.15) is 17.3 Å². The molecule has 0 saturated carbocycles. The summed E-state index contributed by atoms with van der Waals surface area (Å²) in [4.78, 5) is 11.9. The van der Waals surface area contributed by atoms with Crippen LogP contribution in [0.15, 0.2) is 53.9 Å². The van der Waals surface area contributed by atoms with E-state index in [1.54, 1.807) is 6.92 Å². The Labute approximate surface area is 174 Å². The van der Waals surface area contributed by atoms with E-state index in [1.165, 1.54) is 49.6 Å². The Bertz CT molecular complexity index is 992. The average molecular weight is 444 g/mol. The summed E-state index contributed by atoms with van der Waals surface area (Å²) in [5.41, 5.74) is 0.417. The van der Waals surface area contributed by atoms with E-state index < -0.39 is 16.0 Å². The summed E-state index contributed by atoms with van der Waals surface area (Å²) in [6, 6.07) is 8.45. The van der Waals surface area contributed by atoms with Crippen LogP contribution in [0.3, 0.4) is 0 Å². The number of sulfonamides is 1. The first-order chi connectivity index (χ1) is 13.3. The van der Waals surface area contributed by atoms with Gasteiger partial charge in [0.15, 0.2) is 0 Å². The van der Waals surface area contributed by atoms with Gasteiger partial charge in [-0.3, -0.25) is 4.31 Å². The van der Waals surface area contributed by atoms with Crippen molar-refractivity contribution < 1.29 is 22.7 Å². The maximum absolute atomic E-state index is 13.2. The first-order valence-corrected chi connectivity index (χ1v) is 10.4. The molecule has 9 heteroatoms. The predicted octanol–water partition coefficient (Wildman–Crippen LogP) is 4.56. The molecule has 0 fully saturated rings. The number of carbonyl (C=O) groups is 1. The Morgan fingerprint density at radius 3 is 2.43 bits per heavy atom. The fourth-order valence-corrected chi connectivity index (χ4v) is 4.46. The van der Waals surface area contributed by atoms with Crippen LogP contribution in [-0.4, -0.2) is 34.6 Å². The molecule has 28 heavy (non-hydrogen) atoms. The Morgan fingerprint density at radius 1 is 1.18 bits per heavy atom. The Hall–Kier alpha value is -2.22. The van der Waals surface area contributed by atoms with E-state index >= 15 is 0 Å². The van der Waals surface area contributed by atoms with E-state index in [2.05, 4.69) is 6.58 Å². The van der Waals surface area contributed by atoms with E-state index in [9.17, 15) is 13.2 Å². The number of ether oxygens (including phenoxy) is 2. The van der Waals surface area contributed by atoms with Gasteiger partial charge in [0.2, 0.25) is 0 Å². The average Bonchev–Trinajstić information content (AvgIpc) is 2.65. The zero-order valence-corrected chi connectivity index (χ0v) is 17.6. The van der Waals surface area contributed by atoms with E-state index in [0.29, 0.717) is 5.75 Å². The van der Waals surface area contributed by atoms with E-state index in [0.717, 1.165) is 4.31 Å². The third kappa shape index (κ3) is 4.60. The topological polar surface area (TPSA) is 72.9 Å². The lowest BCUT2D eigenvalue weighted by atomic mass is 10.2. The maximum atomic E-state index is 13.2. The molecule has 0 radical (unpaired) electrons. The summed E-state index contributed by atoms with van der Waals surface area (Å²) in [7, 11) is -2.54. The molecule has 0 heterocycles. The van der Waals surface area contributed by atoms with Gasteiger partial charge in [0.05, 0.1) is 46.5 Å². The molecule has 2 rings (SSSR count). The molecule has 0 amide bonds. The monoisotopic (exact) mass is 443 g/mol. The molecule has 0 atom stereocenters. The summed E-state index contributed by atoms with van der Waals surface area (Å²) in [5, 5.41) is 0.241. The van der Waals surface area contributed by atoms with Gasteiger partial charge in [-0.25, -0.2) is 13.2 Å². The standard InChI is InChI=1S/C19H19Cl2NO5S/c1-4-10-22(13-6-8-15(16(20)11-13)19(23)27-5-2)28(24,25)14-7-9-18(26-3)17(21)12-14/h4,6-9,11-12H,1,5,10H2,2-3H3. The zero-order valence-electron chi connectivity index (χ0n) is 15.3. The molecule has 0 aliphatic rings. The van der Waals surface area contributed by atoms with Gasteiger partial charge in [-0.15, -0.1) is 6.58 Å². The van der Waals surface area contributed by atoms with Crippen molar-refractivity contribution >= 4 is 44.9 Å². The van der Waals surface area contributed by atoms with Crippen molar-refractivity contribution in [2.45, 2.75) is 11.8 Å². The third-order valence-corrected chi connectivity index (χ3v) is 6.14. The van der Waals surface area contributed by atoms with Gasteiger partial charge >= 0.3 is 5.97 Å². The lowest BCUT2D eigenvalue weighted by molar-refractivity contribution is 0.0526. The van der Waals surface area contributed by atoms with Crippen LogP contribution in [-0.2, 0) is 14.8 Å². The molecule has 2 aromatic rings. The van der Waals surface area contributed by atoms with Crippen molar-refractivity contribution in [1.82, 2.24) is 0 Å². The molecule has 0 N–H and O–H groups in total. The summed E-state index contributed by atoms with van der Waals surface area (Å²) in [6.45, 7) is 5.48. The molecule has 0 spiro atoms. The van der Waals surface area contributed by atoms with Crippen molar-refractivity contribution in [2.24, 2.45) is 0 Å². The summed E-state index contributed by atoms with van der Waals surface area (Å²) < 4.78 is 37.4. The first-order valence-electron chi connectivity index (χ1n) is 8.20. The second kappa shape index (κ2) is 9.32. The van der Waals surface area contributed by atoms with Crippen LogP contribution in [0, 0.1) is 0 Å². The lowest BCUT2D eigenvalue weighted by Gasteiger charge is -2.24. The molecule has 0 aliphatic heterocycles. The highest BCUT2D eigenvalue weighted by Gasteiger charge is 2.26. The Morgan fingerprint density at radius 2 is 1.89 bits per heavy atom. The number of nitrogens with zero attached hydrogens (tertiary/aromatic N) is 1. The molecule has 2 aromatic carbocycles. The van der Waals surface area contributed by atoms with Crippen LogP contribution in [0.25, 0.3) is 0 Å². The highest BCUT2D eigenvalue weighted by Crippen LogP contribution is 2.32. The van der Waals surface area contributed by atoms with Crippen LogP contribution >= 0.6 is 23.2 Å². The number of rotatable bonds is 8. The van der Waals surface area contributed by atoms with Crippen LogP contribution in [0.2, 0.25) is 10.0 Å². The number of esters is 1. The SMILES string of the molecule is C=CCN(c1ccc(C(=O)OCC)c(Cl)c1)S(=O)(=O)c1ccc(OC)c(Cl)c1. The summed E-state index contributed by atoms with van der Waals surface area (Å²) in [5.74, 6) is -0.225. The Balaban J connectivity index is 2.49. The highest BCUT2D eigenvalue weighted by atomic mass is 35.5. The number of hydrogen-bond donors (Lipinski definition) is 0. The van der Waals surface area contributed by atoms with Crippen LogP contribution < -0.4 is 9.04 Å². The quantitative estimate of drug-likeness (QED) is 0.441. The largest absolute Gasteiger partial charge is 0.495 e. The van der Waals surface area contributed by atoms with Crippen molar-refractivity contribution in [3.05, 3.63) is 64.7 Å². The molecule has 0 aromatic heterocycles. The lowest BCUT2D eigenvalue weighted by Crippen LogP contribution is -2.31. The van der Waals surface area contributed by atoms with Gasteiger partial charge in [-0.2, -0.15) is 0 Å². The summed E-state index contributed by atoms with van der Waals surface area (Å²) >= 11 is 12.3.